The van der Waals surface area contributed by atoms with Gasteiger partial charge < -0.3 is 4.90 Å². The number of hydrogen-bond acceptors (Lipinski definition) is 5. The molecule has 0 spiro atoms. The maximum absolute atomic E-state index is 13.7. The van der Waals surface area contributed by atoms with Crippen molar-refractivity contribution < 1.29 is 24.0 Å². The summed E-state index contributed by atoms with van der Waals surface area (Å²) >= 11 is 0. The molecule has 1 aromatic carbocycles. The molecule has 8 nitrogen and oxygen atoms in total. The van der Waals surface area contributed by atoms with Crippen molar-refractivity contribution in [2.24, 2.45) is 23.7 Å². The molecule has 1 saturated heterocycles. The van der Waals surface area contributed by atoms with Crippen molar-refractivity contribution >= 4 is 29.5 Å². The predicted molar refractivity (Wildman–Crippen MR) is 267 cm³/mol. The van der Waals surface area contributed by atoms with Crippen molar-refractivity contribution in [1.82, 2.24) is 14.7 Å². The third kappa shape index (κ3) is 19.1. The summed E-state index contributed by atoms with van der Waals surface area (Å²) in [7, 11) is 0. The zero-order valence-electron chi connectivity index (χ0n) is 41.8. The Labute approximate surface area is 396 Å². The summed E-state index contributed by atoms with van der Waals surface area (Å²) in [4.78, 5) is 68.8. The molecule has 65 heavy (non-hydrogen) atoms. The van der Waals surface area contributed by atoms with Gasteiger partial charge in [0.15, 0.2) is 0 Å². The van der Waals surface area contributed by atoms with Crippen LogP contribution in [0.1, 0.15) is 243 Å². The minimum Gasteiger partial charge on any atom is -0.326 e. The van der Waals surface area contributed by atoms with Crippen molar-refractivity contribution in [3.05, 3.63) is 48.0 Å². The summed E-state index contributed by atoms with van der Waals surface area (Å²) in [5.74, 6) is 2.66. The van der Waals surface area contributed by atoms with E-state index in [1.165, 1.54) is 170 Å². The second kappa shape index (κ2) is 32.4. The Morgan fingerprint density at radius 3 is 1.43 bits per heavy atom. The number of carbonyl (C=O) groups excluding carboxylic acids is 5. The maximum Gasteiger partial charge on any atom is 0.254 e. The van der Waals surface area contributed by atoms with E-state index in [0.29, 0.717) is 25.2 Å². The number of likely N-dealkylation sites (tertiary alicyclic amines) is 1. The molecular weight excluding hydrogens is 807 g/mol. The third-order valence-corrected chi connectivity index (χ3v) is 15.4. The zero-order valence-corrected chi connectivity index (χ0v) is 41.8. The first-order valence-electron chi connectivity index (χ1n) is 27.5. The van der Waals surface area contributed by atoms with Gasteiger partial charge in [-0.05, 0) is 80.8 Å². The molecule has 8 heteroatoms. The first kappa shape index (κ1) is 54.3. The second-order valence-electron chi connectivity index (χ2n) is 20.3. The number of benzene rings is 1. The summed E-state index contributed by atoms with van der Waals surface area (Å²) in [5, 5.41) is 0. The Morgan fingerprint density at radius 1 is 0.508 bits per heavy atom. The number of imide groups is 2. The van der Waals surface area contributed by atoms with E-state index in [-0.39, 0.29) is 36.0 Å². The number of nitrogens with zero attached hydrogens (tertiary/aromatic N) is 3. The topological polar surface area (TPSA) is 95.1 Å². The highest BCUT2D eigenvalue weighted by Crippen LogP contribution is 2.48. The average molecular weight is 900 g/mol. The monoisotopic (exact) mass is 900 g/mol. The van der Waals surface area contributed by atoms with Gasteiger partial charge in [0, 0.05) is 37.3 Å². The summed E-state index contributed by atoms with van der Waals surface area (Å²) in [6, 6.07) is 8.49. The predicted octanol–water partition coefficient (Wildman–Crippen LogP) is 14.2. The van der Waals surface area contributed by atoms with Crippen LogP contribution in [0.25, 0.3) is 0 Å². The van der Waals surface area contributed by atoms with Gasteiger partial charge in [-0.2, -0.15) is 0 Å². The van der Waals surface area contributed by atoms with E-state index in [0.717, 1.165) is 81.5 Å². The van der Waals surface area contributed by atoms with E-state index in [1.54, 1.807) is 17.0 Å². The first-order chi connectivity index (χ1) is 31.8. The second-order valence-corrected chi connectivity index (χ2v) is 20.3. The number of amides is 5. The first-order valence-corrected chi connectivity index (χ1v) is 27.5. The van der Waals surface area contributed by atoms with Crippen LogP contribution in [0.2, 0.25) is 0 Å². The third-order valence-electron chi connectivity index (χ3n) is 15.4. The van der Waals surface area contributed by atoms with Gasteiger partial charge in [0.1, 0.15) is 6.04 Å². The summed E-state index contributed by atoms with van der Waals surface area (Å²) in [6.45, 7) is 8.31. The molecule has 5 amide bonds. The molecule has 1 aliphatic carbocycles. The molecule has 5 atom stereocenters. The lowest BCUT2D eigenvalue weighted by molar-refractivity contribution is -0.140. The fraction of sp³-hybridized carbons (Fsp3) is 0.772. The van der Waals surface area contributed by atoms with Crippen LogP contribution in [0.5, 0.6) is 0 Å². The van der Waals surface area contributed by atoms with Gasteiger partial charge in [0.25, 0.3) is 23.6 Å². The molecule has 4 rings (SSSR count). The van der Waals surface area contributed by atoms with Crippen LogP contribution in [0.15, 0.2) is 42.5 Å². The smallest absolute Gasteiger partial charge is 0.254 e. The highest BCUT2D eigenvalue weighted by Gasteiger charge is 2.43. The standard InChI is InChI=1S/C57H93N3O5/c1-4-7-10-13-19-28-37-50-47(33-24-11-8-5-2)39-40-48(34-25-18-14-16-21-31-44-59-53(61)41-42-54(59)62)51(50)38-29-20-15-17-22-32-45-60-55(63)46-52(57(60)65)58(43-30-12-9-6-3)56(64)49-35-26-23-27-36-49/h23,26-27,35-36,41-42,47-48,50-52H,4-22,24-25,28-34,37-40,43-46H2,1-3H3. The van der Waals surface area contributed by atoms with Crippen molar-refractivity contribution in [3.63, 3.8) is 0 Å². The van der Waals surface area contributed by atoms with E-state index in [2.05, 4.69) is 20.8 Å². The van der Waals surface area contributed by atoms with Crippen molar-refractivity contribution in [2.75, 3.05) is 19.6 Å². The zero-order chi connectivity index (χ0) is 46.5. The Kier molecular flexibility index (Phi) is 27.1. The largest absolute Gasteiger partial charge is 0.326 e. The van der Waals surface area contributed by atoms with Crippen molar-refractivity contribution in [3.8, 4) is 0 Å². The molecule has 0 N–H and O–H groups in total. The summed E-state index contributed by atoms with van der Waals surface area (Å²) in [6.07, 6.45) is 42.8. The quantitative estimate of drug-likeness (QED) is 0.0490. The van der Waals surface area contributed by atoms with Crippen molar-refractivity contribution in [1.29, 1.82) is 0 Å². The number of rotatable bonds is 37. The van der Waals surface area contributed by atoms with Crippen LogP contribution in [0, 0.1) is 23.7 Å². The number of unbranched alkanes of at least 4 members (excludes halogenated alkanes) is 21. The Morgan fingerprint density at radius 2 is 0.923 bits per heavy atom. The number of hydrogen-bond donors (Lipinski definition) is 0. The SMILES string of the molecule is CCCCCCCCC1C(CCCCCC)CCC(CCCCCCCCN2C(=O)C=CC2=O)C1CCCCCCCCN1C(=O)CC(N(CCCCCC)C(=O)c2ccccc2)C1=O. The van der Waals surface area contributed by atoms with Crippen molar-refractivity contribution in [2.45, 2.75) is 239 Å². The minimum atomic E-state index is -0.697. The highest BCUT2D eigenvalue weighted by molar-refractivity contribution is 6.12. The molecule has 1 aromatic rings. The lowest BCUT2D eigenvalue weighted by Crippen LogP contribution is -2.46. The molecule has 0 bridgehead atoms. The van der Waals surface area contributed by atoms with E-state index in [1.807, 2.05) is 18.2 Å². The average Bonchev–Trinajstić information content (AvgIpc) is 3.79. The molecule has 2 heterocycles. The van der Waals surface area contributed by atoms with Crippen LogP contribution in [0.4, 0.5) is 0 Å². The van der Waals surface area contributed by atoms with Gasteiger partial charge in [0.2, 0.25) is 5.91 Å². The maximum atomic E-state index is 13.7. The number of carbonyl (C=O) groups is 5. The van der Waals surface area contributed by atoms with E-state index < -0.39 is 6.04 Å². The van der Waals surface area contributed by atoms with Crippen LogP contribution in [-0.4, -0.2) is 69.9 Å². The Balaban J connectivity index is 1.24. The molecule has 366 valence electrons. The lowest BCUT2D eigenvalue weighted by Gasteiger charge is -2.44. The van der Waals surface area contributed by atoms with Crippen LogP contribution in [-0.2, 0) is 19.2 Å². The van der Waals surface area contributed by atoms with Crippen LogP contribution < -0.4 is 0 Å². The molecule has 2 aliphatic heterocycles. The van der Waals surface area contributed by atoms with E-state index in [9.17, 15) is 24.0 Å². The molecule has 5 unspecified atom stereocenters. The van der Waals surface area contributed by atoms with Crippen LogP contribution >= 0.6 is 0 Å². The Bertz CT molecular complexity index is 1530. The fourth-order valence-corrected chi connectivity index (χ4v) is 11.6. The molecule has 1 saturated carbocycles. The van der Waals surface area contributed by atoms with Gasteiger partial charge in [-0.25, -0.2) is 0 Å². The molecule has 0 aromatic heterocycles. The van der Waals surface area contributed by atoms with Gasteiger partial charge in [-0.1, -0.05) is 199 Å². The van der Waals surface area contributed by atoms with Gasteiger partial charge >= 0.3 is 0 Å². The van der Waals surface area contributed by atoms with Gasteiger partial charge in [0.05, 0.1) is 6.42 Å². The fourth-order valence-electron chi connectivity index (χ4n) is 11.6. The molecule has 3 aliphatic rings. The molecule has 0 radical (unpaired) electrons. The van der Waals surface area contributed by atoms with Gasteiger partial charge in [-0.3, -0.25) is 33.8 Å². The summed E-state index contributed by atoms with van der Waals surface area (Å²) in [5.41, 5.74) is 0.572. The lowest BCUT2D eigenvalue weighted by atomic mass is 9.61. The summed E-state index contributed by atoms with van der Waals surface area (Å²) < 4.78 is 0. The normalized spacial score (nSPS) is 21.1. The van der Waals surface area contributed by atoms with Gasteiger partial charge in [-0.15, -0.1) is 0 Å². The molecular formula is C57H93N3O5. The molecule has 2 fully saturated rings. The Hall–Kier alpha value is -3.29. The van der Waals surface area contributed by atoms with E-state index >= 15 is 0 Å². The minimum absolute atomic E-state index is 0.0954. The van der Waals surface area contributed by atoms with Crippen LogP contribution in [0.3, 0.4) is 0 Å². The van der Waals surface area contributed by atoms with E-state index in [4.69, 9.17) is 0 Å². The highest BCUT2D eigenvalue weighted by atomic mass is 16.2.